The Morgan fingerprint density at radius 3 is 0.856 bits per heavy atom. The molecule has 0 aromatic carbocycles. The molecule has 6 aromatic rings. The van der Waals surface area contributed by atoms with Gasteiger partial charge < -0.3 is 0 Å². The fraction of sp³-hybridized carbons (Fsp3) is 0.944. The lowest BCUT2D eigenvalue weighted by Crippen LogP contribution is -2.33. The van der Waals surface area contributed by atoms with Crippen LogP contribution in [-0.4, -0.2) is 123 Å². The average Bonchev–Trinajstić information content (AvgIpc) is 1.64. The molecule has 6 aromatic heterocycles. The number of hydrogen-bond donors (Lipinski definition) is 4. The first-order chi connectivity index (χ1) is 64.8. The van der Waals surface area contributed by atoms with Crippen LogP contribution in [0.1, 0.15) is 659 Å². The van der Waals surface area contributed by atoms with E-state index in [1.807, 2.05) is 9.36 Å². The van der Waals surface area contributed by atoms with Crippen molar-refractivity contribution in [1.82, 2.24) is 123 Å². The molecule has 0 aliphatic heterocycles. The van der Waals surface area contributed by atoms with Gasteiger partial charge in [0.05, 0.1) is 11.1 Å². The maximum absolute atomic E-state index is 4.16. The Hall–Kier alpha value is -5.58. The largest absolute Gasteiger partial charge is 0.227 e. The van der Waals surface area contributed by atoms with Gasteiger partial charge in [0.1, 0.15) is 12.7 Å². The Bertz CT molecular complexity index is 3050. The van der Waals surface area contributed by atoms with Crippen molar-refractivity contribution in [2.24, 2.45) is 0 Å². The fourth-order valence-corrected chi connectivity index (χ4v) is 18.4. The van der Waals surface area contributed by atoms with Crippen molar-refractivity contribution in [2.75, 3.05) is 0 Å². The third-order valence-electron chi connectivity index (χ3n) is 28.3. The van der Waals surface area contributed by atoms with Gasteiger partial charge in [-0.2, -0.15) is 20.9 Å². The highest BCUT2D eigenvalue weighted by Crippen LogP contribution is 2.33. The number of tetrazole rings is 6. The van der Waals surface area contributed by atoms with Crippen molar-refractivity contribution in [3.8, 4) is 0 Å². The van der Waals surface area contributed by atoms with Crippen LogP contribution in [0.15, 0.2) is 12.7 Å². The predicted octanol–water partition coefficient (Wildman–Crippen LogP) is 33.7. The van der Waals surface area contributed by atoms with Crippen molar-refractivity contribution in [3.63, 3.8) is 0 Å². The van der Waals surface area contributed by atoms with Gasteiger partial charge in [0.2, 0.25) is 0 Å². The molecule has 0 aliphatic rings. The first-order valence-corrected chi connectivity index (χ1v) is 57.2. The Morgan fingerprint density at radius 2 is 0.561 bits per heavy atom. The van der Waals surface area contributed by atoms with Gasteiger partial charge in [-0.25, -0.2) is 9.36 Å². The van der Waals surface area contributed by atoms with Crippen LogP contribution >= 0.6 is 0 Å². The van der Waals surface area contributed by atoms with E-state index in [9.17, 15) is 0 Å². The van der Waals surface area contributed by atoms with Crippen molar-refractivity contribution in [1.29, 1.82) is 0 Å². The Labute approximate surface area is 812 Å². The monoisotopic (exact) mass is 1850 g/mol. The second kappa shape index (κ2) is 94.4. The lowest BCUT2D eigenvalue weighted by Gasteiger charge is -2.31. The second-order valence-electron chi connectivity index (χ2n) is 40.5. The molecule has 0 aliphatic carbocycles. The van der Waals surface area contributed by atoms with E-state index in [1.165, 1.54) is 494 Å². The van der Waals surface area contributed by atoms with Crippen LogP contribution in [0.5, 0.6) is 0 Å². The number of nitrogens with one attached hydrogen (secondary N) is 4. The van der Waals surface area contributed by atoms with Gasteiger partial charge in [0.15, 0.2) is 23.3 Å². The average molecular weight is 1850 g/mol. The third kappa shape index (κ3) is 72.7. The standard InChI is InChI=1S/C20H40N4.C19H38N4.2C18H36N4.C17H34N4.C16H32N4/c1-4-7-8-9-10-11-12-13-14-15-16-17-18-20(5-2,6-3)24-19-21-22-23-24;1-4-6-7-8-9-10-11-12-13-14-15-16-17-19(3,5-2)23-18-20-21-22-23;1-4-5-6-7-8-9-10-11-12-13-14-15-16-18(2,3)17-19-21-22-20-17;1-3-5-6-7-8-9-10-11-12-13-14-15-16-17(4-2)18-19-21-22-20-18;1-3-4-5-6-7-8-9-10-11-12-13-14-15-16(2)17-18-20-21-19-17;1-2-3-4-5-6-7-8-9-10-11-12-13-14-15-16-17-19-20-18-16/h19H,4-18H2,1-3H3;18H,4-17H2,1-3H3;4-16H2,1-3H3,(H,19,20,21,22);17H,3-16H2,1-2H3,(H,19,20,21,22);16H,3-15H2,1-2H3,(H,18,19,20,21);2-15H2,1H3,(H,17,18,19,20). The molecular weight excluding hydrogens is 1630 g/mol. The summed E-state index contributed by atoms with van der Waals surface area (Å²) in [5.74, 6) is 4.38. The van der Waals surface area contributed by atoms with E-state index in [-0.39, 0.29) is 16.5 Å². The molecule has 0 amide bonds. The smallest absolute Gasteiger partial charge is 0.180 e. The highest BCUT2D eigenvalue weighted by atomic mass is 15.6. The molecule has 0 bridgehead atoms. The molecule has 0 saturated carbocycles. The number of nitrogens with zero attached hydrogens (tertiary/aromatic N) is 20. The summed E-state index contributed by atoms with van der Waals surface area (Å²) < 4.78 is 3.93. The van der Waals surface area contributed by atoms with Gasteiger partial charge in [-0.3, -0.25) is 0 Å². The molecule has 0 saturated heterocycles. The summed E-state index contributed by atoms with van der Waals surface area (Å²) in [7, 11) is 0. The molecule has 6 rings (SSSR count). The Balaban J connectivity index is 0.000000793. The van der Waals surface area contributed by atoms with Gasteiger partial charge >= 0.3 is 0 Å². The van der Waals surface area contributed by atoms with Crippen molar-refractivity contribution in [2.45, 2.75) is 658 Å². The minimum absolute atomic E-state index is 0.0471. The Morgan fingerprint density at radius 1 is 0.273 bits per heavy atom. The molecular formula is C108H216N24. The molecule has 0 fully saturated rings. The SMILES string of the molecule is CCCCCCCCCCCCCCC(C)(C)c1nn[nH]n1.CCCCCCCCCCCCCCC(C)(CC)n1cnnn1.CCCCCCCCCCCCCCC(C)c1nn[nH]n1.CCCCCCCCCCCCCCC(CC)(CC)n1cnnn1.CCCCCCCCCCCCCCC(CC)c1nn[nH]n1.CCCCCCCCCCCCCCCc1nn[nH]n1. The number of rotatable bonds is 88. The van der Waals surface area contributed by atoms with Crippen LogP contribution in [0, 0.1) is 0 Å². The van der Waals surface area contributed by atoms with Crippen LogP contribution < -0.4 is 0 Å². The van der Waals surface area contributed by atoms with Gasteiger partial charge in [0.25, 0.3) is 0 Å². The van der Waals surface area contributed by atoms with Crippen molar-refractivity contribution < 1.29 is 0 Å². The molecule has 3 unspecified atom stereocenters. The molecule has 132 heavy (non-hydrogen) atoms. The molecule has 0 radical (unpaired) electrons. The normalized spacial score (nSPS) is 12.4. The van der Waals surface area contributed by atoms with Crippen molar-refractivity contribution >= 4 is 0 Å². The Kier molecular flexibility index (Phi) is 89.0. The lowest BCUT2D eigenvalue weighted by atomic mass is 9.86. The van der Waals surface area contributed by atoms with Crippen LogP contribution in [-0.2, 0) is 22.9 Å². The summed E-state index contributed by atoms with van der Waals surface area (Å²) in [5.41, 5.74) is 0.259. The molecule has 0 spiro atoms. The predicted molar refractivity (Wildman–Crippen MR) is 557 cm³/mol. The van der Waals surface area contributed by atoms with Gasteiger partial charge in [-0.15, -0.1) is 51.0 Å². The van der Waals surface area contributed by atoms with E-state index in [0.29, 0.717) is 11.8 Å². The van der Waals surface area contributed by atoms with Gasteiger partial charge in [-0.1, -0.05) is 573 Å². The first kappa shape index (κ1) is 124. The zero-order valence-electron chi connectivity index (χ0n) is 89.4. The summed E-state index contributed by atoms with van der Waals surface area (Å²) in [6.45, 7) is 31.5. The number of aromatic nitrogens is 24. The highest BCUT2D eigenvalue weighted by molar-refractivity contribution is 4.99. The van der Waals surface area contributed by atoms with Gasteiger partial charge in [-0.05, 0) is 92.0 Å². The molecule has 3 atom stereocenters. The quantitative estimate of drug-likeness (QED) is 0.0258. The highest BCUT2D eigenvalue weighted by Gasteiger charge is 2.30. The van der Waals surface area contributed by atoms with Crippen molar-refractivity contribution in [3.05, 3.63) is 36.0 Å². The summed E-state index contributed by atoms with van der Waals surface area (Å²) in [6.07, 6.45) is 117. The van der Waals surface area contributed by atoms with E-state index < -0.39 is 0 Å². The zero-order chi connectivity index (χ0) is 95.8. The van der Waals surface area contributed by atoms with Gasteiger partial charge in [0, 0.05) is 23.7 Å². The fourth-order valence-electron chi connectivity index (χ4n) is 18.4. The maximum atomic E-state index is 4.16. The first-order valence-electron chi connectivity index (χ1n) is 57.2. The van der Waals surface area contributed by atoms with E-state index in [0.717, 1.165) is 61.8 Å². The molecule has 768 valence electrons. The number of aryl methyl sites for hydroxylation is 1. The number of unbranched alkanes of at least 4 members (excludes halogenated alkanes) is 67. The maximum Gasteiger partial charge on any atom is 0.180 e. The molecule has 24 heteroatoms. The number of H-pyrrole nitrogens is 4. The summed E-state index contributed by atoms with van der Waals surface area (Å²) in [4.78, 5) is 0. The van der Waals surface area contributed by atoms with E-state index in [1.54, 1.807) is 12.7 Å². The number of hydrogen-bond acceptors (Lipinski definition) is 18. The topological polar surface area (TPSA) is 305 Å². The summed E-state index contributed by atoms with van der Waals surface area (Å²) in [6, 6.07) is 0. The van der Waals surface area contributed by atoms with Crippen LogP contribution in [0.4, 0.5) is 0 Å². The molecule has 6 heterocycles. The second-order valence-corrected chi connectivity index (χ2v) is 40.5. The van der Waals surface area contributed by atoms with E-state index in [2.05, 4.69) is 210 Å². The number of aromatic amines is 4. The molecule has 4 N–H and O–H groups in total. The molecule has 24 nitrogen and oxygen atoms in total. The van der Waals surface area contributed by atoms with E-state index >= 15 is 0 Å². The summed E-state index contributed by atoms with van der Waals surface area (Å²) in [5, 5.41) is 80.6. The van der Waals surface area contributed by atoms with Crippen LogP contribution in [0.3, 0.4) is 0 Å². The zero-order valence-corrected chi connectivity index (χ0v) is 89.4. The van der Waals surface area contributed by atoms with E-state index in [4.69, 9.17) is 0 Å². The minimum Gasteiger partial charge on any atom is -0.227 e. The lowest BCUT2D eigenvalue weighted by molar-refractivity contribution is 0.203. The summed E-state index contributed by atoms with van der Waals surface area (Å²) >= 11 is 0. The minimum atomic E-state index is 0.0471. The van der Waals surface area contributed by atoms with Crippen LogP contribution in [0.2, 0.25) is 0 Å². The third-order valence-corrected chi connectivity index (χ3v) is 28.3. The van der Waals surface area contributed by atoms with Crippen LogP contribution in [0.25, 0.3) is 0 Å².